The van der Waals surface area contributed by atoms with Crippen molar-refractivity contribution in [2.45, 2.75) is 56.8 Å². The molecule has 2 N–H and O–H groups in total. The molecule has 2 aromatic rings. The maximum atomic E-state index is 12.8. The van der Waals surface area contributed by atoms with Crippen molar-refractivity contribution in [2.75, 3.05) is 11.3 Å². The third-order valence-electron chi connectivity index (χ3n) is 5.67. The van der Waals surface area contributed by atoms with Crippen LogP contribution in [0.1, 0.15) is 50.7 Å². The van der Waals surface area contributed by atoms with Crippen LogP contribution in [-0.4, -0.2) is 20.9 Å². The van der Waals surface area contributed by atoms with Crippen molar-refractivity contribution in [1.29, 1.82) is 0 Å². The highest BCUT2D eigenvalue weighted by molar-refractivity contribution is 7.92. The Morgan fingerprint density at radius 2 is 1.66 bits per heavy atom. The minimum atomic E-state index is -3.64. The van der Waals surface area contributed by atoms with E-state index in [1.54, 1.807) is 36.4 Å². The number of hydrogen-bond donors (Lipinski definition) is 2. The first kappa shape index (κ1) is 21.4. The van der Waals surface area contributed by atoms with E-state index in [1.165, 1.54) is 0 Å². The summed E-state index contributed by atoms with van der Waals surface area (Å²) in [5.41, 5.74) is 1.96. The number of aryl methyl sites for hydroxylation is 1. The first-order valence-corrected chi connectivity index (χ1v) is 11.7. The van der Waals surface area contributed by atoms with Crippen LogP contribution < -0.4 is 10.0 Å². The van der Waals surface area contributed by atoms with E-state index >= 15 is 0 Å². The molecule has 0 heterocycles. The van der Waals surface area contributed by atoms with E-state index in [1.807, 2.05) is 19.1 Å². The van der Waals surface area contributed by atoms with Gasteiger partial charge in [-0.2, -0.15) is 0 Å². The molecule has 0 atom stereocenters. The van der Waals surface area contributed by atoms with Crippen LogP contribution in [0.5, 0.6) is 0 Å². The standard InChI is InChI=1S/C23H30N2O3S/c1-17(2)13-16-24-22(26)23(14-4-15-23)19-7-9-20(10-8-19)25-29(27,28)21-11-5-18(3)6-12-21/h5-12,17,25H,4,13-16H2,1-3H3,(H,24,26). The Balaban J connectivity index is 1.72. The Bertz CT molecular complexity index is 945. The first-order valence-electron chi connectivity index (χ1n) is 10.2. The average Bonchev–Trinajstić information content (AvgIpc) is 2.62. The second-order valence-corrected chi connectivity index (χ2v) is 10.1. The Labute approximate surface area is 174 Å². The van der Waals surface area contributed by atoms with E-state index in [0.717, 1.165) is 36.8 Å². The summed E-state index contributed by atoms with van der Waals surface area (Å²) in [7, 11) is -3.64. The maximum Gasteiger partial charge on any atom is 0.261 e. The van der Waals surface area contributed by atoms with E-state index in [0.29, 0.717) is 18.2 Å². The van der Waals surface area contributed by atoms with Crippen molar-refractivity contribution >= 4 is 21.6 Å². The molecule has 0 bridgehead atoms. The lowest BCUT2D eigenvalue weighted by molar-refractivity contribution is -0.129. The predicted molar refractivity (Wildman–Crippen MR) is 116 cm³/mol. The molecule has 0 saturated heterocycles. The Kier molecular flexibility index (Phi) is 6.32. The summed E-state index contributed by atoms with van der Waals surface area (Å²) in [5.74, 6) is 0.630. The zero-order chi connectivity index (χ0) is 21.1. The first-order chi connectivity index (χ1) is 13.7. The average molecular weight is 415 g/mol. The van der Waals surface area contributed by atoms with Gasteiger partial charge in [0.25, 0.3) is 10.0 Å². The van der Waals surface area contributed by atoms with Crippen molar-refractivity contribution < 1.29 is 13.2 Å². The van der Waals surface area contributed by atoms with E-state index in [4.69, 9.17) is 0 Å². The molecule has 1 fully saturated rings. The van der Waals surface area contributed by atoms with Gasteiger partial charge in [0.15, 0.2) is 0 Å². The van der Waals surface area contributed by atoms with Gasteiger partial charge in [0, 0.05) is 12.2 Å². The minimum absolute atomic E-state index is 0.0809. The lowest BCUT2D eigenvalue weighted by Gasteiger charge is -2.41. The zero-order valence-corrected chi connectivity index (χ0v) is 18.2. The van der Waals surface area contributed by atoms with Crippen molar-refractivity contribution in [3.05, 3.63) is 59.7 Å². The van der Waals surface area contributed by atoms with Gasteiger partial charge in [-0.1, -0.05) is 50.1 Å². The maximum absolute atomic E-state index is 12.8. The molecule has 0 aliphatic heterocycles. The number of carbonyl (C=O) groups is 1. The smallest absolute Gasteiger partial charge is 0.261 e. The monoisotopic (exact) mass is 414 g/mol. The van der Waals surface area contributed by atoms with Crippen LogP contribution in [0.3, 0.4) is 0 Å². The molecule has 1 amide bonds. The molecule has 156 valence electrons. The molecule has 1 aliphatic carbocycles. The lowest BCUT2D eigenvalue weighted by Crippen LogP contribution is -2.49. The van der Waals surface area contributed by atoms with Gasteiger partial charge in [0.05, 0.1) is 10.3 Å². The second-order valence-electron chi connectivity index (χ2n) is 8.37. The Morgan fingerprint density at radius 3 is 2.17 bits per heavy atom. The highest BCUT2D eigenvalue weighted by Gasteiger charge is 2.45. The third-order valence-corrected chi connectivity index (χ3v) is 7.07. The highest BCUT2D eigenvalue weighted by Crippen LogP contribution is 2.44. The predicted octanol–water partition coefficient (Wildman–Crippen LogP) is 4.38. The summed E-state index contributed by atoms with van der Waals surface area (Å²) in [6.45, 7) is 6.88. The largest absolute Gasteiger partial charge is 0.355 e. The fraction of sp³-hybridized carbons (Fsp3) is 0.435. The van der Waals surface area contributed by atoms with E-state index in [9.17, 15) is 13.2 Å². The van der Waals surface area contributed by atoms with Gasteiger partial charge in [0.1, 0.15) is 0 Å². The molecule has 29 heavy (non-hydrogen) atoms. The second kappa shape index (κ2) is 8.57. The number of anilines is 1. The SMILES string of the molecule is Cc1ccc(S(=O)(=O)Nc2ccc(C3(C(=O)NCCC(C)C)CCC3)cc2)cc1. The van der Waals surface area contributed by atoms with Crippen LogP contribution in [0.2, 0.25) is 0 Å². The molecule has 0 unspecified atom stereocenters. The Hall–Kier alpha value is -2.34. The molecular formula is C23H30N2O3S. The fourth-order valence-electron chi connectivity index (χ4n) is 3.61. The number of sulfonamides is 1. The number of rotatable bonds is 8. The topological polar surface area (TPSA) is 75.3 Å². The number of amides is 1. The lowest BCUT2D eigenvalue weighted by atomic mass is 9.63. The summed E-state index contributed by atoms with van der Waals surface area (Å²) >= 11 is 0. The summed E-state index contributed by atoms with van der Waals surface area (Å²) in [6.07, 6.45) is 3.64. The minimum Gasteiger partial charge on any atom is -0.355 e. The third kappa shape index (κ3) is 4.81. The summed E-state index contributed by atoms with van der Waals surface area (Å²) in [4.78, 5) is 13.1. The molecule has 5 nitrogen and oxygen atoms in total. The van der Waals surface area contributed by atoms with Crippen LogP contribution in [0.4, 0.5) is 5.69 Å². The molecule has 2 aromatic carbocycles. The van der Waals surface area contributed by atoms with Crippen LogP contribution in [0, 0.1) is 12.8 Å². The van der Waals surface area contributed by atoms with Gasteiger partial charge in [-0.3, -0.25) is 9.52 Å². The van der Waals surface area contributed by atoms with Gasteiger partial charge in [-0.25, -0.2) is 8.42 Å². The Morgan fingerprint density at radius 1 is 1.03 bits per heavy atom. The summed E-state index contributed by atoms with van der Waals surface area (Å²) < 4.78 is 27.8. The van der Waals surface area contributed by atoms with E-state index in [2.05, 4.69) is 23.9 Å². The number of hydrogen-bond acceptors (Lipinski definition) is 3. The van der Waals surface area contributed by atoms with Crippen molar-refractivity contribution in [1.82, 2.24) is 5.32 Å². The van der Waals surface area contributed by atoms with Gasteiger partial charge < -0.3 is 5.32 Å². The molecule has 0 spiro atoms. The quantitative estimate of drug-likeness (QED) is 0.673. The molecule has 6 heteroatoms. The van der Waals surface area contributed by atoms with E-state index < -0.39 is 15.4 Å². The molecule has 0 aromatic heterocycles. The normalized spacial score (nSPS) is 15.6. The van der Waals surface area contributed by atoms with Crippen molar-refractivity contribution in [3.8, 4) is 0 Å². The van der Waals surface area contributed by atoms with Gasteiger partial charge >= 0.3 is 0 Å². The number of benzene rings is 2. The van der Waals surface area contributed by atoms with Crippen molar-refractivity contribution in [3.63, 3.8) is 0 Å². The molecule has 1 aliphatic rings. The van der Waals surface area contributed by atoms with Gasteiger partial charge in [0.2, 0.25) is 5.91 Å². The van der Waals surface area contributed by atoms with Crippen LogP contribution >= 0.6 is 0 Å². The van der Waals surface area contributed by atoms with Crippen molar-refractivity contribution in [2.24, 2.45) is 5.92 Å². The van der Waals surface area contributed by atoms with Crippen LogP contribution in [0.15, 0.2) is 53.4 Å². The zero-order valence-electron chi connectivity index (χ0n) is 17.4. The highest BCUT2D eigenvalue weighted by atomic mass is 32.2. The summed E-state index contributed by atoms with van der Waals surface area (Å²) in [5, 5.41) is 3.08. The van der Waals surface area contributed by atoms with Gasteiger partial charge in [-0.15, -0.1) is 0 Å². The van der Waals surface area contributed by atoms with E-state index in [-0.39, 0.29) is 10.8 Å². The molecular weight excluding hydrogens is 384 g/mol. The number of carbonyl (C=O) groups excluding carboxylic acids is 1. The summed E-state index contributed by atoms with van der Waals surface area (Å²) in [6, 6.07) is 14.0. The van der Waals surface area contributed by atoms with Crippen LogP contribution in [0.25, 0.3) is 0 Å². The molecule has 3 rings (SSSR count). The number of nitrogens with one attached hydrogen (secondary N) is 2. The fourth-order valence-corrected chi connectivity index (χ4v) is 4.67. The van der Waals surface area contributed by atoms with Crippen LogP contribution in [-0.2, 0) is 20.2 Å². The molecule has 1 saturated carbocycles. The van der Waals surface area contributed by atoms with Gasteiger partial charge in [-0.05, 0) is 61.9 Å². The molecule has 0 radical (unpaired) electrons.